The van der Waals surface area contributed by atoms with Crippen LogP contribution in [0.3, 0.4) is 0 Å². The third-order valence-electron chi connectivity index (χ3n) is 4.89. The van der Waals surface area contributed by atoms with Crippen LogP contribution in [-0.2, 0) is 16.1 Å². The lowest BCUT2D eigenvalue weighted by molar-refractivity contribution is -0.144. The molecular weight excluding hydrogens is 392 g/mol. The van der Waals surface area contributed by atoms with Gasteiger partial charge < -0.3 is 13.7 Å². The molecule has 0 aliphatic heterocycles. The van der Waals surface area contributed by atoms with Gasteiger partial charge in [0.2, 0.25) is 5.89 Å². The molecule has 0 saturated heterocycles. The number of ether oxygens (including phenoxy) is 1. The number of hydrogen-bond donors (Lipinski definition) is 0. The van der Waals surface area contributed by atoms with Gasteiger partial charge in [-0.05, 0) is 56.5 Å². The van der Waals surface area contributed by atoms with Crippen molar-refractivity contribution in [1.29, 1.82) is 5.26 Å². The molecule has 7 nitrogen and oxygen atoms in total. The second-order valence-corrected chi connectivity index (χ2v) is 7.86. The third-order valence-corrected chi connectivity index (χ3v) is 4.89. The molecule has 1 atom stereocenters. The molecule has 0 unspecified atom stereocenters. The Morgan fingerprint density at radius 3 is 2.58 bits per heavy atom. The van der Waals surface area contributed by atoms with Crippen LogP contribution in [0.2, 0.25) is 0 Å². The fourth-order valence-corrected chi connectivity index (χ4v) is 3.28. The van der Waals surface area contributed by atoms with Crippen LogP contribution in [-0.4, -0.2) is 20.7 Å². The maximum absolute atomic E-state index is 12.6. The molecule has 0 aliphatic rings. The molecule has 0 saturated carbocycles. The first-order chi connectivity index (χ1) is 14.8. The lowest BCUT2D eigenvalue weighted by Crippen LogP contribution is -2.11. The molecule has 0 N–H and O–H groups in total. The molecule has 0 spiro atoms. The average molecular weight is 418 g/mol. The van der Waals surface area contributed by atoms with Gasteiger partial charge >= 0.3 is 5.97 Å². The normalized spacial score (nSPS) is 12.6. The van der Waals surface area contributed by atoms with Crippen molar-refractivity contribution in [2.45, 2.75) is 47.3 Å². The number of nitrogens with zero attached hydrogens (tertiary/aromatic N) is 4. The van der Waals surface area contributed by atoms with E-state index < -0.39 is 12.1 Å². The Hall–Kier alpha value is -3.66. The largest absolute Gasteiger partial charge is 0.448 e. The van der Waals surface area contributed by atoms with E-state index in [1.165, 1.54) is 0 Å². The van der Waals surface area contributed by atoms with Gasteiger partial charge in [-0.25, -0.2) is 4.79 Å². The number of nitriles is 1. The molecule has 0 radical (unpaired) electrons. The summed E-state index contributed by atoms with van der Waals surface area (Å²) in [4.78, 5) is 12.6. The van der Waals surface area contributed by atoms with Gasteiger partial charge in [-0.1, -0.05) is 32.0 Å². The number of aromatic nitrogens is 3. The molecule has 0 amide bonds. The Morgan fingerprint density at radius 2 is 1.94 bits per heavy atom. The van der Waals surface area contributed by atoms with E-state index in [0.717, 1.165) is 29.1 Å². The molecule has 0 bridgehead atoms. The highest BCUT2D eigenvalue weighted by atomic mass is 16.6. The van der Waals surface area contributed by atoms with Crippen molar-refractivity contribution in [3.8, 4) is 17.5 Å². The van der Waals surface area contributed by atoms with Crippen molar-refractivity contribution in [2.24, 2.45) is 5.92 Å². The summed E-state index contributed by atoms with van der Waals surface area (Å²) in [5.41, 5.74) is 3.59. The maximum atomic E-state index is 12.6. The van der Waals surface area contributed by atoms with Gasteiger partial charge in [0, 0.05) is 23.5 Å². The van der Waals surface area contributed by atoms with Gasteiger partial charge in [0.05, 0.1) is 0 Å². The summed E-state index contributed by atoms with van der Waals surface area (Å²) in [7, 11) is 0. The highest BCUT2D eigenvalue weighted by Gasteiger charge is 2.22. The van der Waals surface area contributed by atoms with E-state index in [0.29, 0.717) is 11.8 Å². The monoisotopic (exact) mass is 418 g/mol. The average Bonchev–Trinajstić information content (AvgIpc) is 3.33. The topological polar surface area (TPSA) is 93.9 Å². The van der Waals surface area contributed by atoms with Gasteiger partial charge in [0.25, 0.3) is 5.89 Å². The number of hydrogen-bond acceptors (Lipinski definition) is 6. The summed E-state index contributed by atoms with van der Waals surface area (Å²) in [6, 6.07) is 13.2. The predicted octanol–water partition coefficient (Wildman–Crippen LogP) is 5.02. The summed E-state index contributed by atoms with van der Waals surface area (Å²) in [5.74, 6) is 0.257. The van der Waals surface area contributed by atoms with Gasteiger partial charge in [-0.2, -0.15) is 5.26 Å². The predicted molar refractivity (Wildman–Crippen MR) is 117 cm³/mol. The SMILES string of the molecule is Cc1cc(/C=C(\C#N)C(=O)O[C@@H](C)c2nnc(-c3ccccc3)o2)c(C)n1CC(C)C. The highest BCUT2D eigenvalue weighted by Crippen LogP contribution is 2.24. The molecule has 2 aromatic heterocycles. The Bertz CT molecular complexity index is 1130. The standard InChI is InChI=1S/C24H26N4O3/c1-15(2)14-28-16(3)11-20(17(28)4)12-21(13-25)24(29)30-18(5)22-26-27-23(31-22)19-9-7-6-8-10-19/h6-12,15,18H,14H2,1-5H3/b21-12+/t18-/m0/s1. The van der Waals surface area contributed by atoms with E-state index in [1.54, 1.807) is 13.0 Å². The van der Waals surface area contributed by atoms with Crippen LogP contribution in [0, 0.1) is 31.1 Å². The summed E-state index contributed by atoms with van der Waals surface area (Å²) in [6.07, 6.45) is 0.778. The summed E-state index contributed by atoms with van der Waals surface area (Å²) in [6.45, 7) is 10.8. The van der Waals surface area contributed by atoms with Crippen LogP contribution in [0.25, 0.3) is 17.5 Å². The van der Waals surface area contributed by atoms with Gasteiger partial charge in [-0.3, -0.25) is 0 Å². The van der Waals surface area contributed by atoms with Crippen molar-refractivity contribution in [3.05, 3.63) is 64.8 Å². The lowest BCUT2D eigenvalue weighted by atomic mass is 10.1. The molecular formula is C24H26N4O3. The molecule has 7 heteroatoms. The van der Waals surface area contributed by atoms with E-state index in [-0.39, 0.29) is 11.5 Å². The summed E-state index contributed by atoms with van der Waals surface area (Å²) in [5, 5.41) is 17.5. The minimum atomic E-state index is -0.789. The summed E-state index contributed by atoms with van der Waals surface area (Å²) >= 11 is 0. The van der Waals surface area contributed by atoms with Crippen LogP contribution in [0.1, 0.15) is 49.7 Å². The zero-order valence-electron chi connectivity index (χ0n) is 18.4. The van der Waals surface area contributed by atoms with Crippen molar-refractivity contribution < 1.29 is 13.9 Å². The van der Waals surface area contributed by atoms with E-state index >= 15 is 0 Å². The van der Waals surface area contributed by atoms with Crippen LogP contribution in [0.4, 0.5) is 0 Å². The van der Waals surface area contributed by atoms with Crippen molar-refractivity contribution >= 4 is 12.0 Å². The van der Waals surface area contributed by atoms with E-state index in [9.17, 15) is 10.1 Å². The quantitative estimate of drug-likeness (QED) is 0.304. The number of carbonyl (C=O) groups excluding carboxylic acids is 1. The van der Waals surface area contributed by atoms with E-state index in [1.807, 2.05) is 56.3 Å². The molecule has 160 valence electrons. The van der Waals surface area contributed by atoms with Gasteiger partial charge in [0.15, 0.2) is 6.10 Å². The first-order valence-corrected chi connectivity index (χ1v) is 10.2. The van der Waals surface area contributed by atoms with Gasteiger partial charge in [0.1, 0.15) is 11.6 Å². The molecule has 0 fully saturated rings. The fraction of sp³-hybridized carbons (Fsp3) is 0.333. The molecule has 3 rings (SSSR count). The van der Waals surface area contributed by atoms with E-state index in [2.05, 4.69) is 28.6 Å². The first kappa shape index (κ1) is 22.0. The number of aryl methyl sites for hydroxylation is 1. The molecule has 1 aromatic carbocycles. The zero-order valence-corrected chi connectivity index (χ0v) is 18.4. The van der Waals surface area contributed by atoms with Crippen molar-refractivity contribution in [2.75, 3.05) is 0 Å². The van der Waals surface area contributed by atoms with Crippen LogP contribution >= 0.6 is 0 Å². The lowest BCUT2D eigenvalue weighted by Gasteiger charge is -2.12. The van der Waals surface area contributed by atoms with Crippen molar-refractivity contribution in [1.82, 2.24) is 14.8 Å². The molecule has 2 heterocycles. The number of rotatable bonds is 7. The zero-order chi connectivity index (χ0) is 22.5. The van der Waals surface area contributed by atoms with Crippen LogP contribution in [0.5, 0.6) is 0 Å². The second-order valence-electron chi connectivity index (χ2n) is 7.86. The molecule has 3 aromatic rings. The minimum Gasteiger partial charge on any atom is -0.448 e. The third kappa shape index (κ3) is 5.10. The Morgan fingerprint density at radius 1 is 1.23 bits per heavy atom. The maximum Gasteiger partial charge on any atom is 0.349 e. The number of carbonyl (C=O) groups is 1. The Balaban J connectivity index is 1.76. The molecule has 0 aliphatic carbocycles. The smallest absolute Gasteiger partial charge is 0.349 e. The van der Waals surface area contributed by atoms with E-state index in [4.69, 9.17) is 9.15 Å². The Kier molecular flexibility index (Phi) is 6.71. The number of esters is 1. The summed E-state index contributed by atoms with van der Waals surface area (Å²) < 4.78 is 13.2. The minimum absolute atomic E-state index is 0.0838. The highest BCUT2D eigenvalue weighted by molar-refractivity contribution is 5.98. The first-order valence-electron chi connectivity index (χ1n) is 10.2. The fourth-order valence-electron chi connectivity index (χ4n) is 3.28. The van der Waals surface area contributed by atoms with Crippen LogP contribution in [0.15, 0.2) is 46.4 Å². The van der Waals surface area contributed by atoms with Gasteiger partial charge in [-0.15, -0.1) is 10.2 Å². The number of benzene rings is 1. The van der Waals surface area contributed by atoms with Crippen LogP contribution < -0.4 is 0 Å². The van der Waals surface area contributed by atoms with Crippen molar-refractivity contribution in [3.63, 3.8) is 0 Å². The Labute approximate surface area is 182 Å². The second kappa shape index (κ2) is 9.43. The molecule has 31 heavy (non-hydrogen) atoms.